The molecule has 1 aliphatic heterocycles. The molecular formula is C14H17BrN2O4. The number of urea groups is 1. The molecule has 0 spiro atoms. The molecule has 0 aromatic heterocycles. The molecule has 2 atom stereocenters. The van der Waals surface area contributed by atoms with Crippen LogP contribution in [0.15, 0.2) is 16.6 Å². The number of aryl methyl sites for hydroxylation is 2. The first-order valence-corrected chi connectivity index (χ1v) is 7.34. The molecule has 0 aliphatic carbocycles. The second-order valence-corrected chi connectivity index (χ2v) is 6.12. The van der Waals surface area contributed by atoms with E-state index in [-0.39, 0.29) is 13.0 Å². The van der Waals surface area contributed by atoms with Crippen molar-refractivity contribution in [3.8, 4) is 0 Å². The molecule has 3 N–H and O–H groups in total. The molecule has 7 heteroatoms. The number of β-amino-alcohol motifs (C(OH)–C–C–N with tert-alkyl or cyclic N) is 1. The second kappa shape index (κ2) is 6.03. The van der Waals surface area contributed by atoms with E-state index in [0.717, 1.165) is 20.5 Å². The number of halogens is 1. The SMILES string of the molecule is Cc1cc(C)c(NC(=O)N2C[C@@H](O)C[C@H]2C(=O)O)c(Br)c1. The van der Waals surface area contributed by atoms with E-state index in [0.29, 0.717) is 5.69 Å². The predicted octanol–water partition coefficient (Wildman–Crippen LogP) is 2.12. The lowest BCUT2D eigenvalue weighted by atomic mass is 10.1. The molecule has 1 heterocycles. The number of amides is 2. The summed E-state index contributed by atoms with van der Waals surface area (Å²) in [5.41, 5.74) is 2.54. The van der Waals surface area contributed by atoms with Crippen LogP contribution in [0.2, 0.25) is 0 Å². The van der Waals surface area contributed by atoms with E-state index in [4.69, 9.17) is 5.11 Å². The molecule has 2 amide bonds. The molecule has 6 nitrogen and oxygen atoms in total. The molecule has 21 heavy (non-hydrogen) atoms. The number of likely N-dealkylation sites (tertiary alicyclic amines) is 1. The third kappa shape index (κ3) is 3.36. The van der Waals surface area contributed by atoms with Crippen LogP contribution >= 0.6 is 15.9 Å². The van der Waals surface area contributed by atoms with Gasteiger partial charge >= 0.3 is 12.0 Å². The van der Waals surface area contributed by atoms with Gasteiger partial charge in [-0.1, -0.05) is 6.07 Å². The minimum absolute atomic E-state index is 0.0192. The third-order valence-electron chi connectivity index (χ3n) is 3.49. The monoisotopic (exact) mass is 356 g/mol. The maximum Gasteiger partial charge on any atom is 0.326 e. The lowest BCUT2D eigenvalue weighted by Gasteiger charge is -2.22. The minimum Gasteiger partial charge on any atom is -0.480 e. The summed E-state index contributed by atoms with van der Waals surface area (Å²) < 4.78 is 0.736. The molecule has 1 aromatic rings. The van der Waals surface area contributed by atoms with E-state index in [2.05, 4.69) is 21.2 Å². The van der Waals surface area contributed by atoms with Gasteiger partial charge < -0.3 is 20.4 Å². The summed E-state index contributed by atoms with van der Waals surface area (Å²) in [6.07, 6.45) is -0.754. The van der Waals surface area contributed by atoms with Crippen molar-refractivity contribution in [2.75, 3.05) is 11.9 Å². The fourth-order valence-electron chi connectivity index (χ4n) is 2.53. The van der Waals surface area contributed by atoms with Gasteiger partial charge in [0.05, 0.1) is 11.8 Å². The Bertz CT molecular complexity index is 567. The summed E-state index contributed by atoms with van der Waals surface area (Å²) in [5.74, 6) is -1.11. The van der Waals surface area contributed by atoms with Crippen LogP contribution in [0.5, 0.6) is 0 Å². The van der Waals surface area contributed by atoms with E-state index in [9.17, 15) is 14.7 Å². The van der Waals surface area contributed by atoms with Crippen LogP contribution in [0.25, 0.3) is 0 Å². The van der Waals surface area contributed by atoms with Gasteiger partial charge in [-0.25, -0.2) is 9.59 Å². The molecule has 0 bridgehead atoms. The Morgan fingerprint density at radius 1 is 1.38 bits per heavy atom. The normalized spacial score (nSPS) is 21.4. The number of aliphatic hydroxyl groups is 1. The van der Waals surface area contributed by atoms with Crippen molar-refractivity contribution in [2.24, 2.45) is 0 Å². The number of anilines is 1. The number of aliphatic carboxylic acids is 1. The molecule has 1 saturated heterocycles. The first kappa shape index (κ1) is 15.8. The Kier molecular flexibility index (Phi) is 4.53. The summed E-state index contributed by atoms with van der Waals surface area (Å²) in [4.78, 5) is 24.6. The number of carboxylic acid groups (broad SMARTS) is 1. The van der Waals surface area contributed by atoms with E-state index in [1.165, 1.54) is 0 Å². The van der Waals surface area contributed by atoms with Gasteiger partial charge in [-0.05, 0) is 47.0 Å². The third-order valence-corrected chi connectivity index (χ3v) is 4.11. The molecule has 1 aliphatic rings. The fourth-order valence-corrected chi connectivity index (χ4v) is 3.30. The van der Waals surface area contributed by atoms with Crippen LogP contribution in [-0.2, 0) is 4.79 Å². The zero-order chi connectivity index (χ0) is 15.7. The Balaban J connectivity index is 2.20. The number of nitrogens with one attached hydrogen (secondary N) is 1. The van der Waals surface area contributed by atoms with Crippen molar-refractivity contribution in [3.05, 3.63) is 27.7 Å². The summed E-state index contributed by atoms with van der Waals surface area (Å²) in [5, 5.41) is 21.4. The number of carbonyl (C=O) groups excluding carboxylic acids is 1. The van der Waals surface area contributed by atoms with Gasteiger partial charge in [0.15, 0.2) is 0 Å². The highest BCUT2D eigenvalue weighted by atomic mass is 79.9. The van der Waals surface area contributed by atoms with Crippen molar-refractivity contribution >= 4 is 33.6 Å². The maximum absolute atomic E-state index is 12.3. The van der Waals surface area contributed by atoms with Gasteiger partial charge in [0.1, 0.15) is 6.04 Å². The maximum atomic E-state index is 12.3. The van der Waals surface area contributed by atoms with E-state index >= 15 is 0 Å². The molecule has 0 radical (unpaired) electrons. The minimum atomic E-state index is -1.11. The average molecular weight is 357 g/mol. The zero-order valence-electron chi connectivity index (χ0n) is 11.8. The van der Waals surface area contributed by atoms with Crippen LogP contribution in [0.1, 0.15) is 17.5 Å². The number of benzene rings is 1. The Morgan fingerprint density at radius 2 is 2.05 bits per heavy atom. The van der Waals surface area contributed by atoms with Crippen LogP contribution in [-0.4, -0.2) is 45.8 Å². The number of hydrogen-bond acceptors (Lipinski definition) is 3. The molecule has 0 unspecified atom stereocenters. The topological polar surface area (TPSA) is 89.9 Å². The van der Waals surface area contributed by atoms with E-state index < -0.39 is 24.1 Å². The van der Waals surface area contributed by atoms with Crippen molar-refractivity contribution < 1.29 is 19.8 Å². The molecule has 1 aromatic carbocycles. The smallest absolute Gasteiger partial charge is 0.326 e. The van der Waals surface area contributed by atoms with Gasteiger partial charge in [-0.2, -0.15) is 0 Å². The highest BCUT2D eigenvalue weighted by molar-refractivity contribution is 9.10. The van der Waals surface area contributed by atoms with Gasteiger partial charge in [0.25, 0.3) is 0 Å². The first-order chi connectivity index (χ1) is 9.79. The van der Waals surface area contributed by atoms with Crippen LogP contribution in [0.4, 0.5) is 10.5 Å². The summed E-state index contributed by atoms with van der Waals surface area (Å²) in [6.45, 7) is 3.83. The van der Waals surface area contributed by atoms with Crippen LogP contribution in [0, 0.1) is 13.8 Å². The van der Waals surface area contributed by atoms with Gasteiger partial charge in [-0.3, -0.25) is 0 Å². The van der Waals surface area contributed by atoms with Crippen molar-refractivity contribution in [1.29, 1.82) is 0 Å². The summed E-state index contributed by atoms with van der Waals surface area (Å²) >= 11 is 3.39. The Hall–Kier alpha value is -1.60. The zero-order valence-corrected chi connectivity index (χ0v) is 13.3. The first-order valence-electron chi connectivity index (χ1n) is 6.55. The number of nitrogens with zero attached hydrogens (tertiary/aromatic N) is 1. The molecule has 0 saturated carbocycles. The summed E-state index contributed by atoms with van der Waals surface area (Å²) in [7, 11) is 0. The van der Waals surface area contributed by atoms with Crippen LogP contribution < -0.4 is 5.32 Å². The Morgan fingerprint density at radius 3 is 2.62 bits per heavy atom. The molecule has 2 rings (SSSR count). The number of carbonyl (C=O) groups is 2. The number of rotatable bonds is 2. The van der Waals surface area contributed by atoms with E-state index in [1.54, 1.807) is 0 Å². The summed E-state index contributed by atoms with van der Waals surface area (Å²) in [6, 6.07) is 2.28. The highest BCUT2D eigenvalue weighted by Crippen LogP contribution is 2.29. The molecule has 114 valence electrons. The van der Waals surface area contributed by atoms with Gasteiger partial charge in [0.2, 0.25) is 0 Å². The van der Waals surface area contributed by atoms with Crippen molar-refractivity contribution in [3.63, 3.8) is 0 Å². The Labute approximate surface area is 130 Å². The van der Waals surface area contributed by atoms with Crippen LogP contribution in [0.3, 0.4) is 0 Å². The molecular weight excluding hydrogens is 340 g/mol. The van der Waals surface area contributed by atoms with E-state index in [1.807, 2.05) is 26.0 Å². The number of hydrogen-bond donors (Lipinski definition) is 3. The van der Waals surface area contributed by atoms with Gasteiger partial charge in [-0.15, -0.1) is 0 Å². The van der Waals surface area contributed by atoms with Gasteiger partial charge in [0, 0.05) is 17.4 Å². The quantitative estimate of drug-likeness (QED) is 0.756. The highest BCUT2D eigenvalue weighted by Gasteiger charge is 2.39. The lowest BCUT2D eigenvalue weighted by molar-refractivity contribution is -0.141. The van der Waals surface area contributed by atoms with Crippen molar-refractivity contribution in [1.82, 2.24) is 4.90 Å². The molecule has 1 fully saturated rings. The average Bonchev–Trinajstić information content (AvgIpc) is 2.76. The number of carboxylic acids is 1. The fraction of sp³-hybridized carbons (Fsp3) is 0.429. The predicted molar refractivity (Wildman–Crippen MR) is 81.4 cm³/mol. The lowest BCUT2D eigenvalue weighted by Crippen LogP contribution is -2.43. The standard InChI is InChI=1S/C14H17BrN2O4/c1-7-3-8(2)12(10(15)4-7)16-14(21)17-6-9(18)5-11(17)13(19)20/h3-4,9,11,18H,5-6H2,1-2H3,(H,16,21)(H,19,20)/t9-,11-/m0/s1. The largest absolute Gasteiger partial charge is 0.480 e. The number of aliphatic hydroxyl groups excluding tert-OH is 1. The second-order valence-electron chi connectivity index (χ2n) is 5.26. The van der Waals surface area contributed by atoms with Crippen molar-refractivity contribution in [2.45, 2.75) is 32.4 Å².